The Labute approximate surface area is 1220 Å². The zero-order valence-corrected chi connectivity index (χ0v) is 366. The third-order valence-electron chi connectivity index (χ3n) is 45.6. The molecule has 0 bridgehead atoms. The van der Waals surface area contributed by atoms with Gasteiger partial charge in [0.2, 0.25) is 0 Å². The summed E-state index contributed by atoms with van der Waals surface area (Å²) in [5, 5.41) is 0. The Balaban J connectivity index is 25.5. The van der Waals surface area contributed by atoms with Crippen molar-refractivity contribution in [3.05, 3.63) is 0 Å². The largest absolute Gasteiger partial charge is 0.0110 e. The third-order valence-corrected chi connectivity index (χ3v) is 3690. The fourth-order valence-corrected chi connectivity index (χ4v) is 14900. The van der Waals surface area contributed by atoms with Crippen LogP contribution < -0.4 is 0 Å². The van der Waals surface area contributed by atoms with Crippen LogP contribution in [0.2, 0.25) is 0 Å². The summed E-state index contributed by atoms with van der Waals surface area (Å²) in [5.74, 6) is 0. The second-order valence-corrected chi connectivity index (χ2v) is 2290. The first kappa shape index (κ1) is 178. The van der Waals surface area contributed by atoms with Crippen LogP contribution in [0.5, 0.6) is 0 Å². The van der Waals surface area contributed by atoms with Crippen molar-refractivity contribution < 1.29 is 0 Å². The van der Waals surface area contributed by atoms with Gasteiger partial charge in [-0.15, -0.1) is 0 Å². The smallest absolute Gasteiger partial charge is 0.0000290 e. The quantitative estimate of drug-likeness (QED) is 0.0533. The highest BCUT2D eigenvalue weighted by molar-refractivity contribution is 8.90. The van der Waals surface area contributed by atoms with Crippen LogP contribution in [0, 0.1) is 0 Å². The van der Waals surface area contributed by atoms with Crippen LogP contribution in [0.25, 0.3) is 0 Å². The topological polar surface area (TPSA) is 0 Å². The Kier molecular flexibility index (Phi) is 64.9. The van der Waals surface area contributed by atoms with Crippen LogP contribution in [-0.4, -0.2) is 1250 Å². The lowest BCUT2D eigenvalue weighted by molar-refractivity contribution is 2.68. The van der Waals surface area contributed by atoms with Crippen LogP contribution in [0.1, 0.15) is 0 Å². The number of rotatable bonds is 47. The minimum absolute atomic E-state index is 1.26. The first-order valence-corrected chi connectivity index (χ1v) is 547. The van der Waals surface area contributed by atoms with Gasteiger partial charge in [0.05, 0.1) is 0 Å². The molecule has 1 unspecified atom stereocenters. The maximum absolute atomic E-state index is 2.72. The molecule has 146 heavy (non-hydrogen) atoms. The highest BCUT2D eigenvalue weighted by Gasteiger charge is 3.14. The van der Waals surface area contributed by atoms with E-state index in [2.05, 4.69) is 956 Å². The van der Waals surface area contributed by atoms with Gasteiger partial charge in [0.25, 0.3) is 0 Å². The second kappa shape index (κ2) is 53.3. The van der Waals surface area contributed by atoms with Gasteiger partial charge in [-0.1, -0.05) is 0 Å². The van der Waals surface area contributed by atoms with E-state index < -0.39 is 295 Å². The molecule has 878 valence electrons. The molecule has 0 aliphatic carbocycles. The van der Waals surface area contributed by atoms with Crippen molar-refractivity contribution in [3.8, 4) is 0 Å². The van der Waals surface area contributed by atoms with Gasteiger partial charge in [-0.3, -0.25) is 0 Å². The molecule has 0 saturated heterocycles. The molecular formula is H294Si146. The van der Waals surface area contributed by atoms with Crippen LogP contribution in [0.4, 0.5) is 0 Å². The second-order valence-electron chi connectivity index (χ2n) is 84.9. The van der Waals surface area contributed by atoms with Gasteiger partial charge >= 0.3 is 0 Å². The molecule has 0 fully saturated rings. The Bertz CT molecular complexity index is 3270. The van der Waals surface area contributed by atoms with Crippen molar-refractivity contribution in [2.45, 2.75) is 0 Å². The van der Waals surface area contributed by atoms with Crippen LogP contribution in [0.15, 0.2) is 0 Å². The van der Waals surface area contributed by atoms with Gasteiger partial charge in [-0.2, -0.15) is 0 Å². The lowest BCUT2D eigenvalue weighted by Crippen LogP contribution is -3.45. The Morgan fingerprint density at radius 1 is 0.0411 bits per heavy atom. The van der Waals surface area contributed by atoms with E-state index in [-0.39, 0.29) is 0 Å². The first-order valence-electron chi connectivity index (χ1n) is 60.8. The highest BCUT2D eigenvalue weighted by atomic mass is 31.2. The maximum atomic E-state index is 2.72. The van der Waals surface area contributed by atoms with E-state index in [0.29, 0.717) is 0 Å². The Hall–Kier alpha value is 31.7. The predicted octanol–water partition coefficient (Wildman–Crippen LogP) is -134. The summed E-state index contributed by atoms with van der Waals surface area (Å²) in [6.07, 6.45) is -73.0. The van der Waals surface area contributed by atoms with E-state index in [4.69, 9.17) is 0 Å². The Morgan fingerprint density at radius 3 is 0.123 bits per heavy atom. The van der Waals surface area contributed by atoms with Gasteiger partial charge in [-0.25, -0.2) is 0 Å². The summed E-state index contributed by atoms with van der Waals surface area (Å²) in [6, 6.07) is 0. The molecule has 0 radical (unpaired) electrons. The van der Waals surface area contributed by atoms with Crippen molar-refractivity contribution in [1.29, 1.82) is 0 Å². The summed E-state index contributed by atoms with van der Waals surface area (Å²) < 4.78 is 0. The summed E-state index contributed by atoms with van der Waals surface area (Å²) in [6.45, 7) is 0. The van der Waals surface area contributed by atoms with Gasteiger partial charge in [0.1, 0.15) is 0 Å². The van der Waals surface area contributed by atoms with E-state index >= 15 is 0 Å². The van der Waals surface area contributed by atoms with Gasteiger partial charge in [0.15, 0.2) is 0 Å². The minimum Gasteiger partial charge on any atom is -0.0110 e. The van der Waals surface area contributed by atoms with E-state index in [0.717, 1.165) is 0 Å². The summed E-state index contributed by atoms with van der Waals surface area (Å²) >= 11 is 0. The zero-order chi connectivity index (χ0) is 122. The molecule has 0 N–H and O–H groups in total. The molecule has 0 amide bonds. The molecule has 0 saturated carbocycles. The monoisotopic (exact) mass is 4380 g/mol. The number of hydrogen-bond acceptors (Lipinski definition) is 0. The molecule has 0 rings (SSSR count). The fraction of sp³-hybridized carbons (Fsp3) is 0. The molecule has 0 aromatic rings. The van der Waals surface area contributed by atoms with E-state index in [1.807, 2.05) is 0 Å². The summed E-state index contributed by atoms with van der Waals surface area (Å²) in [5.41, 5.74) is 0. The van der Waals surface area contributed by atoms with Gasteiger partial charge < -0.3 is 0 Å². The van der Waals surface area contributed by atoms with Crippen molar-refractivity contribution in [1.82, 2.24) is 0 Å². The van der Waals surface area contributed by atoms with Crippen molar-refractivity contribution in [2.75, 3.05) is 0 Å². The molecule has 0 aliphatic rings. The lowest BCUT2D eigenvalue weighted by atomic mass is 25.0. The SMILES string of the molecule is [SiH3][Si]([SiH3])([SiH3])[Si]([SiH3])([SiH3])[Si]([Si]([SiH3])([SiH3])[SiH3])([Si]([Si]([SiH3])([SiH3])[SiH3])([Si]([SiH3])([SiH3])[SiH3])[Si]([SiH3])([SiH3])[SiH3])[Si]([Si]([Si]([Si]([SiH3])([SiH3])[SiH3])([Si]([SiH3])([SiH3])[SiH3])[Si]([SiH3])([SiH3])[SiH3])([Si]([Si]([SiH3])([SiH3])[SiH3])([Si]([SiH3])([SiH3])[SiH3])[Si]([SiH3])([SiH3])[SiH3])[Si]([Si]([SiH3])([SiH3])[SiH3])([Si]([SiH3])([SiH3])[SiH3])[Si]([SiH3])([SiH3])[SiH3])([Si]([Si]([Si]([SiH3])([SiH3])[SiH3])([Si]([SiH3])([SiH3])[SiH3])[Si]([SiH3])([SiH3])[SiH3])([Si]([Si]([SiH3])([SiH3])[SiH3])([Si]([SiH3])([SiH3])[SiH3])[Si]([SiH3])([SiH3])[SiH3])[Si]([Si]([SiH3])([SiH3])[SiH3])([Si]([SiH3])([SiH3])[SiH3])[Si]([SiH3])([SiH3])[SiH3])[Si]([Si]([Si]([SiH3])([SiH3])[SiH3])([Si]([SiH3])([SiH3])[SiH3])[Si]([SiH3])([SiH3])[SiH3])([Si]([Si]([SiH3])([SiH3])[SiH3])([Si]([SiH3])([SiH3])[SiH3])[Si]([SiH3])([SiH3])[SiH3])[Si]([Si]([SiH3])([SiH3])[SiH3])([Si]([SiH3])([SiH3])[SiH3])[Si]([SiH3])([SiH3])[SiH3]. The molecule has 1 atom stereocenters. The lowest BCUT2D eigenvalue weighted by Gasteiger charge is -3.07. The molecular weight excluding hydrogens is 4100 g/mol. The van der Waals surface area contributed by atoms with E-state index in [1.54, 1.807) is 0 Å². The molecule has 0 nitrogen and oxygen atoms in total. The molecule has 0 aromatic carbocycles. The highest BCUT2D eigenvalue weighted by Crippen LogP contribution is 2.76. The average Bonchev–Trinajstić information content (AvgIpc) is 0.552. The molecule has 0 spiro atoms. The minimum atomic E-state index is -2.33. The maximum Gasteiger partial charge on any atom is -0.0000290 e. The van der Waals surface area contributed by atoms with Crippen LogP contribution in [0.3, 0.4) is 0 Å². The van der Waals surface area contributed by atoms with Crippen molar-refractivity contribution >= 4 is 1250 Å². The zero-order valence-electron chi connectivity index (χ0n) is 122. The Morgan fingerprint density at radius 2 is 0.0822 bits per heavy atom. The fourth-order valence-electron chi connectivity index (χ4n) is 61.2. The van der Waals surface area contributed by atoms with Gasteiger partial charge in [0, 0.05) is 0 Å². The van der Waals surface area contributed by atoms with Crippen molar-refractivity contribution in [2.24, 2.45) is 0 Å². The summed E-state index contributed by atoms with van der Waals surface area (Å²) in [7, 11) is 248. The van der Waals surface area contributed by atoms with Gasteiger partial charge in [-0.05, 0) is 1250 Å². The first-order chi connectivity index (χ1) is 60.8. The number of hydrogen-bond donors (Lipinski definition) is 0. The molecule has 0 aromatic heterocycles. The normalized spacial score (nSPS) is 35.6. The third kappa shape index (κ3) is 25.9. The van der Waals surface area contributed by atoms with Crippen molar-refractivity contribution in [3.63, 3.8) is 0 Å². The molecule has 0 aliphatic heterocycles. The van der Waals surface area contributed by atoms with E-state index in [1.165, 1.54) is 0 Å². The predicted molar refractivity (Wildman–Crippen MR) is 1250 cm³/mol. The van der Waals surface area contributed by atoms with E-state index in [9.17, 15) is 0 Å². The standard InChI is InChI=1S/H294Si146/c1-99(2,3)131(97,98)142(130(94,95)96,132(100(4,5)6,101(7,8)9)102(10,11)12)146(143(133(103(13,14)15,104(16,17)18)105(19,20)21,134(106(22,23)24,107(25,26)27)108(28,29)30)135(109(31,32)33,110(34,35)36)111(37,38)39,144(136(112(40,41)42,113(43,44)45)114(46,47)48,137(115(49,50)51,116(52,53)54)117(55,56)57)138(118(58,59)60,119(61,62)63)120(64,65)66)145(139(121(67,68)69,122(70,71)72)123(73,74)75,140(124(76,77)78,125(79,80)81)126(82,83)84)141(127(85,86)87,128(88,89)90)129(91,92)93/h1-98H3. The average molecular weight is 4400 g/mol. The van der Waals surface area contributed by atoms with Crippen LogP contribution >= 0.6 is 0 Å². The summed E-state index contributed by atoms with van der Waals surface area (Å²) in [4.78, 5) is 0. The van der Waals surface area contributed by atoms with Crippen LogP contribution in [-0.2, 0) is 0 Å². The molecule has 0 heterocycles. The molecule has 146 heteroatoms.